The minimum Gasteiger partial charge on any atom is -0.495 e. The second-order valence-electron chi connectivity index (χ2n) is 4.84. The van der Waals surface area contributed by atoms with Gasteiger partial charge < -0.3 is 10.5 Å². The summed E-state index contributed by atoms with van der Waals surface area (Å²) in [6, 6.07) is 4.12. The summed E-state index contributed by atoms with van der Waals surface area (Å²) in [6.07, 6.45) is 4.62. The van der Waals surface area contributed by atoms with Crippen molar-refractivity contribution in [3.05, 3.63) is 28.3 Å². The first-order valence-electron chi connectivity index (χ1n) is 6.24. The summed E-state index contributed by atoms with van der Waals surface area (Å²) in [7, 11) is 1.66. The Hall–Kier alpha value is -0.730. The van der Waals surface area contributed by atoms with E-state index in [4.69, 9.17) is 22.1 Å². The smallest absolute Gasteiger partial charge is 0.137 e. The number of aryl methyl sites for hydroxylation is 1. The van der Waals surface area contributed by atoms with Crippen molar-refractivity contribution in [3.63, 3.8) is 0 Å². The zero-order valence-corrected chi connectivity index (χ0v) is 11.3. The highest BCUT2D eigenvalue weighted by atomic mass is 35.5. The fraction of sp³-hybridized carbons (Fsp3) is 0.571. The number of hydrogen-bond acceptors (Lipinski definition) is 2. The van der Waals surface area contributed by atoms with E-state index in [0.717, 1.165) is 12.2 Å². The Morgan fingerprint density at radius 2 is 2.12 bits per heavy atom. The summed E-state index contributed by atoms with van der Waals surface area (Å²) in [6.45, 7) is 2.87. The summed E-state index contributed by atoms with van der Waals surface area (Å²) in [5.41, 5.74) is 8.79. The van der Waals surface area contributed by atoms with Gasteiger partial charge in [0.1, 0.15) is 5.75 Å². The molecule has 0 bridgehead atoms. The molecule has 0 atom stereocenters. The second-order valence-corrected chi connectivity index (χ2v) is 5.24. The number of halogens is 1. The van der Waals surface area contributed by atoms with Crippen molar-refractivity contribution in [3.8, 4) is 5.75 Å². The molecule has 1 aromatic rings. The summed E-state index contributed by atoms with van der Waals surface area (Å²) in [5.74, 6) is 0.763. The zero-order valence-electron chi connectivity index (χ0n) is 10.6. The van der Waals surface area contributed by atoms with Crippen molar-refractivity contribution in [2.75, 3.05) is 13.7 Å². The normalized spacial score (nSPS) is 17.6. The van der Waals surface area contributed by atoms with E-state index in [0.29, 0.717) is 11.6 Å². The van der Waals surface area contributed by atoms with Gasteiger partial charge in [0.25, 0.3) is 0 Å². The van der Waals surface area contributed by atoms with Gasteiger partial charge in [-0.25, -0.2) is 0 Å². The molecule has 2 N–H and O–H groups in total. The van der Waals surface area contributed by atoms with Gasteiger partial charge >= 0.3 is 0 Å². The van der Waals surface area contributed by atoms with Gasteiger partial charge in [-0.15, -0.1) is 0 Å². The fourth-order valence-electron chi connectivity index (χ4n) is 2.73. The van der Waals surface area contributed by atoms with Crippen LogP contribution in [0.4, 0.5) is 0 Å². The second kappa shape index (κ2) is 4.87. The summed E-state index contributed by atoms with van der Waals surface area (Å²) in [5, 5.41) is 0.694. The van der Waals surface area contributed by atoms with Gasteiger partial charge in [0.15, 0.2) is 0 Å². The predicted molar refractivity (Wildman–Crippen MR) is 72.0 cm³/mol. The van der Waals surface area contributed by atoms with Crippen LogP contribution in [0.2, 0.25) is 5.02 Å². The maximum absolute atomic E-state index is 6.24. The van der Waals surface area contributed by atoms with Crippen LogP contribution < -0.4 is 10.5 Å². The Morgan fingerprint density at radius 1 is 1.41 bits per heavy atom. The van der Waals surface area contributed by atoms with E-state index in [1.54, 1.807) is 7.11 Å². The predicted octanol–water partition coefficient (Wildman–Crippen LogP) is 3.29. The molecule has 0 spiro atoms. The Balaban J connectivity index is 2.49. The van der Waals surface area contributed by atoms with E-state index in [9.17, 15) is 0 Å². The summed E-state index contributed by atoms with van der Waals surface area (Å²) >= 11 is 6.24. The lowest BCUT2D eigenvalue weighted by Gasteiger charge is -2.43. The van der Waals surface area contributed by atoms with Crippen LogP contribution in [0.15, 0.2) is 12.1 Å². The topological polar surface area (TPSA) is 35.2 Å². The maximum Gasteiger partial charge on any atom is 0.137 e. The standard InChI is InChI=1S/C14H20ClNO/c1-3-10-7-13(17-2)12(15)8-11(10)14(9-16)5-4-6-14/h7-8H,3-6,9,16H2,1-2H3. The highest BCUT2D eigenvalue weighted by Gasteiger charge is 2.39. The third-order valence-electron chi connectivity index (χ3n) is 4.03. The van der Waals surface area contributed by atoms with Gasteiger partial charge in [0.2, 0.25) is 0 Å². The Kier molecular flexibility index (Phi) is 3.64. The van der Waals surface area contributed by atoms with Crippen LogP contribution in [0, 0.1) is 0 Å². The quantitative estimate of drug-likeness (QED) is 0.894. The largest absolute Gasteiger partial charge is 0.495 e. The van der Waals surface area contributed by atoms with Crippen LogP contribution in [-0.4, -0.2) is 13.7 Å². The molecule has 0 radical (unpaired) electrons. The molecule has 1 fully saturated rings. The van der Waals surface area contributed by atoms with Gasteiger partial charge in [-0.05, 0) is 42.5 Å². The minimum atomic E-state index is 0.168. The van der Waals surface area contributed by atoms with E-state index >= 15 is 0 Å². The van der Waals surface area contributed by atoms with Crippen molar-refractivity contribution < 1.29 is 4.74 Å². The molecule has 1 aromatic carbocycles. The summed E-state index contributed by atoms with van der Waals surface area (Å²) in [4.78, 5) is 0. The van der Waals surface area contributed by atoms with Crippen LogP contribution in [0.1, 0.15) is 37.3 Å². The van der Waals surface area contributed by atoms with Crippen LogP contribution in [-0.2, 0) is 11.8 Å². The SMILES string of the molecule is CCc1cc(OC)c(Cl)cc1C1(CN)CCC1. The molecule has 3 heteroatoms. The van der Waals surface area contributed by atoms with Gasteiger partial charge in [-0.1, -0.05) is 24.9 Å². The van der Waals surface area contributed by atoms with Gasteiger partial charge in [-0.3, -0.25) is 0 Å². The highest BCUT2D eigenvalue weighted by Crippen LogP contribution is 2.46. The fourth-order valence-corrected chi connectivity index (χ4v) is 2.97. The van der Waals surface area contributed by atoms with Crippen LogP contribution in [0.5, 0.6) is 5.75 Å². The molecule has 0 aromatic heterocycles. The third-order valence-corrected chi connectivity index (χ3v) is 4.33. The molecule has 0 aliphatic heterocycles. The van der Waals surface area contributed by atoms with Gasteiger partial charge in [-0.2, -0.15) is 0 Å². The molecular weight excluding hydrogens is 234 g/mol. The van der Waals surface area contributed by atoms with Crippen LogP contribution in [0.3, 0.4) is 0 Å². The highest BCUT2D eigenvalue weighted by molar-refractivity contribution is 6.32. The van der Waals surface area contributed by atoms with E-state index in [1.165, 1.54) is 30.4 Å². The molecule has 17 heavy (non-hydrogen) atoms. The van der Waals surface area contributed by atoms with Crippen molar-refractivity contribution >= 4 is 11.6 Å². The zero-order chi connectivity index (χ0) is 12.5. The average molecular weight is 254 g/mol. The molecule has 1 aliphatic carbocycles. The molecule has 0 saturated heterocycles. The third kappa shape index (κ3) is 2.04. The van der Waals surface area contributed by atoms with E-state index < -0.39 is 0 Å². The molecule has 1 saturated carbocycles. The minimum absolute atomic E-state index is 0.168. The molecule has 0 amide bonds. The lowest BCUT2D eigenvalue weighted by atomic mass is 9.63. The average Bonchev–Trinajstić information content (AvgIpc) is 2.29. The van der Waals surface area contributed by atoms with E-state index in [1.807, 2.05) is 0 Å². The monoisotopic (exact) mass is 253 g/mol. The number of methoxy groups -OCH3 is 1. The molecule has 94 valence electrons. The van der Waals surface area contributed by atoms with Crippen molar-refractivity contribution in [1.29, 1.82) is 0 Å². The maximum atomic E-state index is 6.24. The lowest BCUT2D eigenvalue weighted by Crippen LogP contribution is -2.42. The van der Waals surface area contributed by atoms with Crippen molar-refractivity contribution in [1.82, 2.24) is 0 Å². The molecule has 2 nitrogen and oxygen atoms in total. The Morgan fingerprint density at radius 3 is 2.53 bits per heavy atom. The van der Waals surface area contributed by atoms with Crippen LogP contribution >= 0.6 is 11.6 Å². The van der Waals surface area contributed by atoms with Crippen molar-refractivity contribution in [2.24, 2.45) is 5.73 Å². The number of ether oxygens (including phenoxy) is 1. The number of nitrogens with two attached hydrogens (primary N) is 1. The molecule has 2 rings (SSSR count). The summed E-state index contributed by atoms with van der Waals surface area (Å²) < 4.78 is 5.28. The first kappa shape index (κ1) is 12.7. The van der Waals surface area contributed by atoms with Crippen LogP contribution in [0.25, 0.3) is 0 Å². The molecule has 0 heterocycles. The Bertz CT molecular complexity index is 407. The first-order valence-corrected chi connectivity index (χ1v) is 6.61. The molecular formula is C14H20ClNO. The van der Waals surface area contributed by atoms with E-state index in [-0.39, 0.29) is 5.41 Å². The number of hydrogen-bond donors (Lipinski definition) is 1. The molecule has 1 aliphatic rings. The number of benzene rings is 1. The number of rotatable bonds is 4. The molecule has 0 unspecified atom stereocenters. The van der Waals surface area contributed by atoms with Gasteiger partial charge in [0, 0.05) is 12.0 Å². The first-order chi connectivity index (χ1) is 8.16. The van der Waals surface area contributed by atoms with E-state index in [2.05, 4.69) is 19.1 Å². The Labute approximate surface area is 108 Å². The van der Waals surface area contributed by atoms with Crippen molar-refractivity contribution in [2.45, 2.75) is 38.0 Å². The van der Waals surface area contributed by atoms with Gasteiger partial charge in [0.05, 0.1) is 12.1 Å². The lowest BCUT2D eigenvalue weighted by molar-refractivity contribution is 0.251.